The predicted octanol–water partition coefficient (Wildman–Crippen LogP) is 2.18. The Kier molecular flexibility index (Phi) is 4.75. The van der Waals surface area contributed by atoms with E-state index in [-0.39, 0.29) is 22.9 Å². The van der Waals surface area contributed by atoms with Gasteiger partial charge in [0.1, 0.15) is 0 Å². The Balaban J connectivity index is 2.72. The maximum atomic E-state index is 11.6. The summed E-state index contributed by atoms with van der Waals surface area (Å²) in [6, 6.07) is -0.0671. The summed E-state index contributed by atoms with van der Waals surface area (Å²) in [6.07, 6.45) is 4.41. The van der Waals surface area contributed by atoms with E-state index >= 15 is 0 Å². The van der Waals surface area contributed by atoms with Crippen molar-refractivity contribution in [1.29, 1.82) is 0 Å². The van der Waals surface area contributed by atoms with Crippen LogP contribution in [0.4, 0.5) is 4.79 Å². The van der Waals surface area contributed by atoms with Crippen molar-refractivity contribution in [2.45, 2.75) is 46.1 Å². The summed E-state index contributed by atoms with van der Waals surface area (Å²) in [7, 11) is 3.45. The van der Waals surface area contributed by atoms with Gasteiger partial charge < -0.3 is 10.2 Å². The molecule has 1 aliphatic carbocycles. The highest BCUT2D eigenvalue weighted by Gasteiger charge is 2.41. The zero-order valence-corrected chi connectivity index (χ0v) is 12.6. The van der Waals surface area contributed by atoms with Crippen LogP contribution in [0, 0.1) is 10.8 Å². The van der Waals surface area contributed by atoms with Crippen LogP contribution in [0.15, 0.2) is 4.99 Å². The molecule has 19 heavy (non-hydrogen) atoms. The van der Waals surface area contributed by atoms with Crippen molar-refractivity contribution in [3.8, 4) is 0 Å². The molecule has 2 atom stereocenters. The van der Waals surface area contributed by atoms with Gasteiger partial charge in [-0.2, -0.15) is 0 Å². The number of nitrogens with one attached hydrogen (secondary N) is 1. The summed E-state index contributed by atoms with van der Waals surface area (Å²) >= 11 is 0. The van der Waals surface area contributed by atoms with Crippen LogP contribution < -0.4 is 5.32 Å². The molecule has 1 rings (SSSR count). The Labute approximate surface area is 115 Å². The van der Waals surface area contributed by atoms with Crippen LogP contribution in [0.1, 0.15) is 40.0 Å². The molecule has 1 fully saturated rings. The van der Waals surface area contributed by atoms with Crippen LogP contribution in [0.5, 0.6) is 0 Å². The molecule has 2 unspecified atom stereocenters. The first kappa shape index (κ1) is 15.7. The predicted molar refractivity (Wildman–Crippen MR) is 74.7 cm³/mol. The number of urea groups is 1. The first-order valence-corrected chi connectivity index (χ1v) is 6.70. The number of hydrogen-bond acceptors (Lipinski definition) is 3. The quantitative estimate of drug-likeness (QED) is 0.629. The number of aliphatic imine (C=N–C) groups is 1. The summed E-state index contributed by atoms with van der Waals surface area (Å²) in [5.41, 5.74) is 0.0965. The highest BCUT2D eigenvalue weighted by molar-refractivity contribution is 5.73. The summed E-state index contributed by atoms with van der Waals surface area (Å²) in [4.78, 5) is 27.5. The fraction of sp³-hybridized carbons (Fsp3) is 0.857. The van der Waals surface area contributed by atoms with E-state index in [0.29, 0.717) is 6.54 Å². The van der Waals surface area contributed by atoms with Crippen LogP contribution in [-0.2, 0) is 4.79 Å². The van der Waals surface area contributed by atoms with Gasteiger partial charge in [-0.1, -0.05) is 20.8 Å². The SMILES string of the molecule is CN(C)C(=O)NCC1(C)CC(N=C=O)CC(C)(C)C1. The molecule has 0 saturated heterocycles. The molecule has 1 N–H and O–H groups in total. The van der Waals surface area contributed by atoms with Gasteiger partial charge in [0.2, 0.25) is 6.08 Å². The van der Waals surface area contributed by atoms with Crippen molar-refractivity contribution >= 4 is 12.1 Å². The van der Waals surface area contributed by atoms with E-state index in [2.05, 4.69) is 31.1 Å². The lowest BCUT2D eigenvalue weighted by Crippen LogP contribution is -2.46. The molecule has 1 aliphatic rings. The molecule has 0 aromatic heterocycles. The summed E-state index contributed by atoms with van der Waals surface area (Å²) in [6.45, 7) is 7.13. The number of nitrogens with zero attached hydrogens (tertiary/aromatic N) is 2. The van der Waals surface area contributed by atoms with E-state index in [1.54, 1.807) is 20.2 Å². The van der Waals surface area contributed by atoms with Crippen molar-refractivity contribution in [2.75, 3.05) is 20.6 Å². The molecule has 1 saturated carbocycles. The summed E-state index contributed by atoms with van der Waals surface area (Å²) < 4.78 is 0. The lowest BCUT2D eigenvalue weighted by atomic mass is 9.63. The minimum Gasteiger partial charge on any atom is -0.337 e. The first-order valence-electron chi connectivity index (χ1n) is 6.70. The third kappa shape index (κ3) is 4.67. The van der Waals surface area contributed by atoms with Gasteiger partial charge in [-0.15, -0.1) is 0 Å². The molecule has 108 valence electrons. The van der Waals surface area contributed by atoms with Gasteiger partial charge in [-0.25, -0.2) is 14.6 Å². The summed E-state index contributed by atoms with van der Waals surface area (Å²) in [5.74, 6) is 0. The van der Waals surface area contributed by atoms with E-state index in [1.807, 2.05) is 0 Å². The van der Waals surface area contributed by atoms with Gasteiger partial charge in [0.25, 0.3) is 0 Å². The van der Waals surface area contributed by atoms with E-state index < -0.39 is 0 Å². The van der Waals surface area contributed by atoms with Crippen LogP contribution in [0.25, 0.3) is 0 Å². The van der Waals surface area contributed by atoms with Crippen LogP contribution in [0.3, 0.4) is 0 Å². The molecular formula is C14H25N3O2. The van der Waals surface area contributed by atoms with Crippen molar-refractivity contribution in [1.82, 2.24) is 10.2 Å². The number of hydrogen-bond donors (Lipinski definition) is 1. The molecule has 0 aliphatic heterocycles. The zero-order chi connectivity index (χ0) is 14.7. The highest BCUT2D eigenvalue weighted by Crippen LogP contribution is 2.46. The fourth-order valence-corrected chi connectivity index (χ4v) is 3.33. The smallest absolute Gasteiger partial charge is 0.316 e. The number of amides is 2. The second-order valence-corrected chi connectivity index (χ2v) is 6.99. The van der Waals surface area contributed by atoms with E-state index in [9.17, 15) is 9.59 Å². The molecule has 0 radical (unpaired) electrons. The standard InChI is InChI=1S/C14H25N3O2/c1-13(2)6-11(16-10-18)7-14(3,8-13)9-15-12(19)17(4)5/h11H,6-9H2,1-5H3,(H,15,19). The molecule has 0 spiro atoms. The molecule has 5 nitrogen and oxygen atoms in total. The molecule has 5 heteroatoms. The van der Waals surface area contributed by atoms with Gasteiger partial charge in [0.15, 0.2) is 0 Å². The van der Waals surface area contributed by atoms with Gasteiger partial charge in [0.05, 0.1) is 6.04 Å². The second kappa shape index (κ2) is 5.74. The lowest BCUT2D eigenvalue weighted by Gasteiger charge is -2.45. The molecule has 2 amide bonds. The molecular weight excluding hydrogens is 242 g/mol. The van der Waals surface area contributed by atoms with Gasteiger partial charge in [0, 0.05) is 20.6 Å². The minimum atomic E-state index is -0.0833. The molecule has 0 heterocycles. The Morgan fingerprint density at radius 3 is 2.53 bits per heavy atom. The van der Waals surface area contributed by atoms with Gasteiger partial charge in [-0.3, -0.25) is 0 Å². The first-order chi connectivity index (χ1) is 8.67. The van der Waals surface area contributed by atoms with E-state index in [0.717, 1.165) is 19.3 Å². The van der Waals surface area contributed by atoms with E-state index in [1.165, 1.54) is 4.90 Å². The average molecular weight is 267 g/mol. The molecule has 0 aromatic rings. The Morgan fingerprint density at radius 2 is 2.00 bits per heavy atom. The van der Waals surface area contributed by atoms with Crippen LogP contribution >= 0.6 is 0 Å². The molecule has 0 bridgehead atoms. The van der Waals surface area contributed by atoms with Crippen molar-refractivity contribution in [2.24, 2.45) is 15.8 Å². The summed E-state index contributed by atoms with van der Waals surface area (Å²) in [5, 5.41) is 2.94. The van der Waals surface area contributed by atoms with Crippen molar-refractivity contribution in [3.05, 3.63) is 0 Å². The minimum absolute atomic E-state index is 0.0162. The second-order valence-electron chi connectivity index (χ2n) is 6.99. The third-order valence-electron chi connectivity index (χ3n) is 3.73. The normalized spacial score (nSPS) is 29.2. The number of carbonyl (C=O) groups excluding carboxylic acids is 2. The van der Waals surface area contributed by atoms with Crippen molar-refractivity contribution in [3.63, 3.8) is 0 Å². The highest BCUT2D eigenvalue weighted by atomic mass is 16.2. The topological polar surface area (TPSA) is 61.8 Å². The van der Waals surface area contributed by atoms with Crippen molar-refractivity contribution < 1.29 is 9.59 Å². The van der Waals surface area contributed by atoms with E-state index in [4.69, 9.17) is 0 Å². The Hall–Kier alpha value is -1.35. The fourth-order valence-electron chi connectivity index (χ4n) is 3.33. The van der Waals surface area contributed by atoms with Gasteiger partial charge >= 0.3 is 6.03 Å². The van der Waals surface area contributed by atoms with Crippen LogP contribution in [-0.4, -0.2) is 43.7 Å². The lowest BCUT2D eigenvalue weighted by molar-refractivity contribution is 0.0839. The Morgan fingerprint density at radius 1 is 1.37 bits per heavy atom. The van der Waals surface area contributed by atoms with Crippen LogP contribution in [0.2, 0.25) is 0 Å². The zero-order valence-electron chi connectivity index (χ0n) is 12.6. The monoisotopic (exact) mass is 267 g/mol. The number of isocyanates is 1. The number of carbonyl (C=O) groups is 1. The number of rotatable bonds is 3. The maximum Gasteiger partial charge on any atom is 0.316 e. The largest absolute Gasteiger partial charge is 0.337 e. The Bertz CT molecular complexity index is 386. The maximum absolute atomic E-state index is 11.6. The third-order valence-corrected chi connectivity index (χ3v) is 3.73. The molecule has 0 aromatic carbocycles. The average Bonchev–Trinajstić information content (AvgIpc) is 2.23. The van der Waals surface area contributed by atoms with Gasteiger partial charge in [-0.05, 0) is 30.1 Å².